The van der Waals surface area contributed by atoms with Crippen molar-refractivity contribution in [1.82, 2.24) is 4.98 Å². The fraction of sp³-hybridized carbons (Fsp3) is 0.471. The molecule has 2 rings (SSSR count). The molecule has 1 aromatic carbocycles. The summed E-state index contributed by atoms with van der Waals surface area (Å²) in [6.07, 6.45) is 0. The van der Waals surface area contributed by atoms with Gasteiger partial charge in [0.05, 0.1) is 5.52 Å². The number of hydrogen-bond acceptors (Lipinski definition) is 2. The van der Waals surface area contributed by atoms with Gasteiger partial charge in [0.25, 0.3) is 0 Å². The average Bonchev–Trinajstić information content (AvgIpc) is 2.25. The Balaban J connectivity index is 2.89. The van der Waals surface area contributed by atoms with Crippen molar-refractivity contribution in [3.05, 3.63) is 41.1 Å². The molecule has 0 amide bonds. The van der Waals surface area contributed by atoms with E-state index in [-0.39, 0.29) is 11.0 Å². The van der Waals surface area contributed by atoms with Gasteiger partial charge in [0.1, 0.15) is 0 Å². The minimum absolute atomic E-state index is 0.0243. The predicted octanol–water partition coefficient (Wildman–Crippen LogP) is 4.03. The lowest BCUT2D eigenvalue weighted by Crippen LogP contribution is -2.30. The molecule has 2 heteroatoms. The Morgan fingerprint density at radius 3 is 2.21 bits per heavy atom. The molecule has 0 saturated heterocycles. The first-order valence-electron chi connectivity index (χ1n) is 6.81. The normalized spacial score (nSPS) is 13.0. The van der Waals surface area contributed by atoms with Crippen LogP contribution in [0, 0.1) is 6.92 Å². The highest BCUT2D eigenvalue weighted by Gasteiger charge is 2.23. The van der Waals surface area contributed by atoms with Crippen LogP contribution in [0.1, 0.15) is 51.4 Å². The fourth-order valence-corrected chi connectivity index (χ4v) is 2.31. The van der Waals surface area contributed by atoms with E-state index in [4.69, 9.17) is 10.7 Å². The number of fused-ring (bicyclic) bond motifs is 1. The summed E-state index contributed by atoms with van der Waals surface area (Å²) >= 11 is 0. The van der Waals surface area contributed by atoms with Crippen LogP contribution in [0.15, 0.2) is 24.3 Å². The SMILES string of the molecule is Cc1cccc2c(C(C)(C)N)cc(C(C)(C)C)nc12. The molecule has 0 atom stereocenters. The maximum Gasteiger partial charge on any atom is 0.0738 e. The Bertz CT molecular complexity index is 613. The van der Waals surface area contributed by atoms with Crippen LogP contribution in [0.3, 0.4) is 0 Å². The Morgan fingerprint density at radius 2 is 1.68 bits per heavy atom. The molecule has 0 spiro atoms. The first-order chi connectivity index (χ1) is 8.60. The monoisotopic (exact) mass is 256 g/mol. The molecule has 0 saturated carbocycles. The molecule has 0 radical (unpaired) electrons. The van der Waals surface area contributed by atoms with Crippen LogP contribution >= 0.6 is 0 Å². The lowest BCUT2D eigenvalue weighted by molar-refractivity contribution is 0.542. The van der Waals surface area contributed by atoms with Crippen LogP contribution in [-0.4, -0.2) is 4.98 Å². The molecule has 2 aromatic rings. The maximum atomic E-state index is 6.36. The fourth-order valence-electron chi connectivity index (χ4n) is 2.31. The van der Waals surface area contributed by atoms with Crippen LogP contribution in [0.4, 0.5) is 0 Å². The predicted molar refractivity (Wildman–Crippen MR) is 82.4 cm³/mol. The molecular weight excluding hydrogens is 232 g/mol. The van der Waals surface area contributed by atoms with Crippen molar-refractivity contribution >= 4 is 10.9 Å². The number of nitrogens with two attached hydrogens (primary N) is 1. The first-order valence-corrected chi connectivity index (χ1v) is 6.81. The molecule has 0 fully saturated rings. The topological polar surface area (TPSA) is 38.9 Å². The summed E-state index contributed by atoms with van der Waals surface area (Å²) in [7, 11) is 0. The molecule has 2 N–H and O–H groups in total. The van der Waals surface area contributed by atoms with Crippen molar-refractivity contribution < 1.29 is 0 Å². The Hall–Kier alpha value is -1.41. The number of aromatic nitrogens is 1. The van der Waals surface area contributed by atoms with Crippen LogP contribution < -0.4 is 5.73 Å². The zero-order valence-electron chi connectivity index (χ0n) is 12.8. The highest BCUT2D eigenvalue weighted by Crippen LogP contribution is 2.32. The van der Waals surface area contributed by atoms with Gasteiger partial charge >= 0.3 is 0 Å². The minimum Gasteiger partial charge on any atom is -0.322 e. The summed E-state index contributed by atoms with van der Waals surface area (Å²) in [6, 6.07) is 8.47. The van der Waals surface area contributed by atoms with Crippen LogP contribution in [0.2, 0.25) is 0 Å². The standard InChI is InChI=1S/C17H24N2/c1-11-8-7-9-12-13(17(5,6)18)10-14(16(2,3)4)19-15(11)12/h7-10H,18H2,1-6H3. The largest absolute Gasteiger partial charge is 0.322 e. The average molecular weight is 256 g/mol. The third-order valence-electron chi connectivity index (χ3n) is 3.50. The summed E-state index contributed by atoms with van der Waals surface area (Å²) < 4.78 is 0. The van der Waals surface area contributed by atoms with Crippen molar-refractivity contribution in [3.63, 3.8) is 0 Å². The summed E-state index contributed by atoms with van der Waals surface area (Å²) in [4.78, 5) is 4.86. The number of hydrogen-bond donors (Lipinski definition) is 1. The van der Waals surface area contributed by atoms with Gasteiger partial charge in [0.2, 0.25) is 0 Å². The van der Waals surface area contributed by atoms with Gasteiger partial charge < -0.3 is 5.73 Å². The van der Waals surface area contributed by atoms with E-state index in [1.165, 1.54) is 16.5 Å². The second-order valence-corrected chi connectivity index (χ2v) is 7.00. The molecule has 1 aromatic heterocycles. The second kappa shape index (κ2) is 4.31. The third-order valence-corrected chi connectivity index (χ3v) is 3.50. The van der Waals surface area contributed by atoms with Gasteiger partial charge in [0, 0.05) is 22.0 Å². The van der Waals surface area contributed by atoms with E-state index in [9.17, 15) is 0 Å². The van der Waals surface area contributed by atoms with Crippen molar-refractivity contribution in [2.45, 2.75) is 52.5 Å². The Kier molecular flexibility index (Phi) is 3.18. The number of aryl methyl sites for hydroxylation is 1. The first kappa shape index (κ1) is 14.0. The summed E-state index contributed by atoms with van der Waals surface area (Å²) in [6.45, 7) is 12.8. The number of pyridine rings is 1. The molecule has 0 aliphatic rings. The van der Waals surface area contributed by atoms with E-state index in [0.717, 1.165) is 11.2 Å². The Morgan fingerprint density at radius 1 is 1.05 bits per heavy atom. The number of nitrogens with zero attached hydrogens (tertiary/aromatic N) is 1. The van der Waals surface area contributed by atoms with Gasteiger partial charge in [-0.15, -0.1) is 0 Å². The number of para-hydroxylation sites is 1. The Labute approximate surface area is 116 Å². The van der Waals surface area contributed by atoms with Crippen LogP contribution in [0.25, 0.3) is 10.9 Å². The number of rotatable bonds is 1. The highest BCUT2D eigenvalue weighted by atomic mass is 14.8. The molecule has 0 aliphatic heterocycles. The van der Waals surface area contributed by atoms with Gasteiger partial charge in [-0.05, 0) is 38.0 Å². The minimum atomic E-state index is -0.366. The lowest BCUT2D eigenvalue weighted by atomic mass is 9.85. The molecular formula is C17H24N2. The quantitative estimate of drug-likeness (QED) is 0.836. The maximum absolute atomic E-state index is 6.36. The van der Waals surface area contributed by atoms with Gasteiger partial charge in [-0.2, -0.15) is 0 Å². The van der Waals surface area contributed by atoms with Crippen molar-refractivity contribution in [3.8, 4) is 0 Å². The molecule has 19 heavy (non-hydrogen) atoms. The molecule has 1 heterocycles. The zero-order valence-corrected chi connectivity index (χ0v) is 12.8. The summed E-state index contributed by atoms with van der Waals surface area (Å²) in [5, 5.41) is 1.17. The van der Waals surface area contributed by atoms with Crippen LogP contribution in [-0.2, 0) is 11.0 Å². The summed E-state index contributed by atoms with van der Waals surface area (Å²) in [5.74, 6) is 0. The smallest absolute Gasteiger partial charge is 0.0738 e. The second-order valence-electron chi connectivity index (χ2n) is 7.00. The van der Waals surface area contributed by atoms with E-state index in [1.807, 2.05) is 0 Å². The van der Waals surface area contributed by atoms with E-state index >= 15 is 0 Å². The molecule has 0 bridgehead atoms. The van der Waals surface area contributed by atoms with E-state index in [2.05, 4.69) is 65.8 Å². The molecule has 2 nitrogen and oxygen atoms in total. The molecule has 0 aliphatic carbocycles. The van der Waals surface area contributed by atoms with Gasteiger partial charge in [-0.3, -0.25) is 4.98 Å². The third kappa shape index (κ3) is 2.64. The van der Waals surface area contributed by atoms with E-state index in [1.54, 1.807) is 0 Å². The molecule has 102 valence electrons. The van der Waals surface area contributed by atoms with Gasteiger partial charge in [-0.1, -0.05) is 39.0 Å². The zero-order chi connectivity index (χ0) is 14.4. The number of benzene rings is 1. The lowest BCUT2D eigenvalue weighted by Gasteiger charge is -2.26. The van der Waals surface area contributed by atoms with Gasteiger partial charge in [-0.25, -0.2) is 0 Å². The van der Waals surface area contributed by atoms with Crippen molar-refractivity contribution in [2.75, 3.05) is 0 Å². The van der Waals surface area contributed by atoms with E-state index in [0.29, 0.717) is 0 Å². The van der Waals surface area contributed by atoms with Crippen molar-refractivity contribution in [2.24, 2.45) is 5.73 Å². The molecule has 0 unspecified atom stereocenters. The van der Waals surface area contributed by atoms with Crippen LogP contribution in [0.5, 0.6) is 0 Å². The summed E-state index contributed by atoms with van der Waals surface area (Å²) in [5.41, 5.74) is 10.6. The highest BCUT2D eigenvalue weighted by molar-refractivity contribution is 5.86. The van der Waals surface area contributed by atoms with Gasteiger partial charge in [0.15, 0.2) is 0 Å². The van der Waals surface area contributed by atoms with Crippen molar-refractivity contribution in [1.29, 1.82) is 0 Å². The van der Waals surface area contributed by atoms with E-state index < -0.39 is 0 Å².